The van der Waals surface area contributed by atoms with Gasteiger partial charge in [0.15, 0.2) is 11.1 Å². The van der Waals surface area contributed by atoms with Crippen LogP contribution in [0.4, 0.5) is 0 Å². The molecule has 0 aromatic carbocycles. The predicted octanol–water partition coefficient (Wildman–Crippen LogP) is 2.74. The van der Waals surface area contributed by atoms with E-state index in [2.05, 4.69) is 15.1 Å². The highest BCUT2D eigenvalue weighted by Crippen LogP contribution is 2.18. The molecule has 0 atom stereocenters. The number of halogens is 1. The smallest absolute Gasteiger partial charge is 0.183 e. The van der Waals surface area contributed by atoms with E-state index in [1.807, 2.05) is 18.2 Å². The molecule has 0 spiro atoms. The molecule has 0 amide bonds. The zero-order chi connectivity index (χ0) is 11.2. The normalized spacial score (nSPS) is 10.8. The lowest BCUT2D eigenvalue weighted by Gasteiger charge is -1.94. The average molecular weight is 254 g/mol. The van der Waals surface area contributed by atoms with Gasteiger partial charge in [0.25, 0.3) is 0 Å². The molecule has 0 aliphatic carbocycles. The summed E-state index contributed by atoms with van der Waals surface area (Å²) in [5.74, 6) is 0. The molecule has 0 saturated carbocycles. The van der Waals surface area contributed by atoms with Gasteiger partial charge < -0.3 is 4.84 Å². The Morgan fingerprint density at radius 2 is 2.38 bits per heavy atom. The van der Waals surface area contributed by atoms with Crippen molar-refractivity contribution in [3.63, 3.8) is 0 Å². The topological polar surface area (TPSA) is 47.4 Å². The highest BCUT2D eigenvalue weighted by molar-refractivity contribution is 7.15. The van der Waals surface area contributed by atoms with E-state index in [1.54, 1.807) is 18.6 Å². The zero-order valence-corrected chi connectivity index (χ0v) is 9.78. The summed E-state index contributed by atoms with van der Waals surface area (Å²) in [6.07, 6.45) is 4.93. The quantitative estimate of drug-likeness (QED) is 0.622. The SMILES string of the molecule is Clc1ncc(CO/N=C/c2ccccn2)s1. The number of rotatable bonds is 4. The molecule has 82 valence electrons. The second kappa shape index (κ2) is 5.58. The van der Waals surface area contributed by atoms with Gasteiger partial charge in [-0.25, -0.2) is 4.98 Å². The first-order chi connectivity index (χ1) is 7.84. The number of aromatic nitrogens is 2. The molecule has 0 saturated heterocycles. The summed E-state index contributed by atoms with van der Waals surface area (Å²) in [5.41, 5.74) is 0.754. The van der Waals surface area contributed by atoms with Gasteiger partial charge in [0.05, 0.1) is 16.8 Å². The third-order valence-corrected chi connectivity index (χ3v) is 2.77. The van der Waals surface area contributed by atoms with Crippen molar-refractivity contribution in [1.29, 1.82) is 0 Å². The number of hydrogen-bond acceptors (Lipinski definition) is 5. The number of nitrogens with zero attached hydrogens (tertiary/aromatic N) is 3. The van der Waals surface area contributed by atoms with Crippen LogP contribution in [0.2, 0.25) is 4.47 Å². The standard InChI is InChI=1S/C10H8ClN3OS/c11-10-13-6-9(16-10)7-15-14-5-8-3-1-2-4-12-8/h1-6H,7H2/b14-5+. The van der Waals surface area contributed by atoms with E-state index in [1.165, 1.54) is 11.3 Å². The van der Waals surface area contributed by atoms with Gasteiger partial charge in [0.2, 0.25) is 0 Å². The van der Waals surface area contributed by atoms with E-state index < -0.39 is 0 Å². The lowest BCUT2D eigenvalue weighted by molar-refractivity contribution is 0.134. The van der Waals surface area contributed by atoms with Crippen LogP contribution in [0.5, 0.6) is 0 Å². The lowest BCUT2D eigenvalue weighted by Crippen LogP contribution is -1.87. The summed E-state index contributed by atoms with van der Waals surface area (Å²) < 4.78 is 0.507. The van der Waals surface area contributed by atoms with Crippen LogP contribution in [-0.4, -0.2) is 16.2 Å². The highest BCUT2D eigenvalue weighted by atomic mass is 35.5. The summed E-state index contributed by atoms with van der Waals surface area (Å²) in [6.45, 7) is 0.369. The molecule has 2 aromatic heterocycles. The Labute approximate surface area is 102 Å². The van der Waals surface area contributed by atoms with E-state index in [4.69, 9.17) is 16.4 Å². The minimum atomic E-state index is 0.369. The molecule has 6 heteroatoms. The van der Waals surface area contributed by atoms with E-state index in [0.717, 1.165) is 10.6 Å². The van der Waals surface area contributed by atoms with Crippen LogP contribution in [0.25, 0.3) is 0 Å². The summed E-state index contributed by atoms with van der Waals surface area (Å²) in [7, 11) is 0. The maximum atomic E-state index is 5.67. The van der Waals surface area contributed by atoms with Crippen molar-refractivity contribution < 1.29 is 4.84 Å². The van der Waals surface area contributed by atoms with Gasteiger partial charge in [-0.1, -0.05) is 22.8 Å². The minimum Gasteiger partial charge on any atom is -0.390 e. The van der Waals surface area contributed by atoms with Crippen LogP contribution in [0.3, 0.4) is 0 Å². The second-order valence-corrected chi connectivity index (χ2v) is 4.54. The Kier molecular flexibility index (Phi) is 3.85. The Morgan fingerprint density at radius 1 is 1.44 bits per heavy atom. The number of pyridine rings is 1. The first kappa shape index (κ1) is 11.0. The van der Waals surface area contributed by atoms with E-state index in [-0.39, 0.29) is 0 Å². The molecule has 0 fully saturated rings. The lowest BCUT2D eigenvalue weighted by atomic mass is 10.4. The Balaban J connectivity index is 1.82. The summed E-state index contributed by atoms with van der Waals surface area (Å²) in [5, 5.41) is 3.79. The van der Waals surface area contributed by atoms with Crippen molar-refractivity contribution >= 4 is 29.2 Å². The van der Waals surface area contributed by atoms with Crippen LogP contribution in [-0.2, 0) is 11.4 Å². The minimum absolute atomic E-state index is 0.369. The molecule has 2 rings (SSSR count). The van der Waals surface area contributed by atoms with Crippen LogP contribution in [0, 0.1) is 0 Å². The fourth-order valence-corrected chi connectivity index (χ4v) is 1.88. The van der Waals surface area contributed by atoms with E-state index >= 15 is 0 Å². The van der Waals surface area contributed by atoms with Crippen molar-refractivity contribution in [1.82, 2.24) is 9.97 Å². The molecule has 0 bridgehead atoms. The first-order valence-electron chi connectivity index (χ1n) is 4.51. The van der Waals surface area contributed by atoms with Crippen molar-refractivity contribution in [2.45, 2.75) is 6.61 Å². The fraction of sp³-hybridized carbons (Fsp3) is 0.100. The zero-order valence-electron chi connectivity index (χ0n) is 8.21. The molecule has 16 heavy (non-hydrogen) atoms. The summed E-state index contributed by atoms with van der Waals surface area (Å²) >= 11 is 7.05. The molecule has 0 unspecified atom stereocenters. The molecular weight excluding hydrogens is 246 g/mol. The summed E-state index contributed by atoms with van der Waals surface area (Å²) in [6, 6.07) is 5.57. The van der Waals surface area contributed by atoms with Gasteiger partial charge in [-0.15, -0.1) is 11.3 Å². The Hall–Kier alpha value is -1.46. The third-order valence-electron chi connectivity index (χ3n) is 1.68. The van der Waals surface area contributed by atoms with Crippen LogP contribution >= 0.6 is 22.9 Å². The van der Waals surface area contributed by atoms with Gasteiger partial charge in [-0.3, -0.25) is 4.98 Å². The van der Waals surface area contributed by atoms with Crippen molar-refractivity contribution in [3.05, 3.63) is 45.6 Å². The number of thiazole rings is 1. The van der Waals surface area contributed by atoms with Crippen molar-refractivity contribution in [2.24, 2.45) is 5.16 Å². The van der Waals surface area contributed by atoms with Crippen LogP contribution in [0.1, 0.15) is 10.6 Å². The third kappa shape index (κ3) is 3.29. The monoisotopic (exact) mass is 253 g/mol. The molecule has 0 radical (unpaired) electrons. The van der Waals surface area contributed by atoms with E-state index in [0.29, 0.717) is 11.1 Å². The maximum Gasteiger partial charge on any atom is 0.183 e. The molecule has 2 heterocycles. The van der Waals surface area contributed by atoms with Gasteiger partial charge in [-0.2, -0.15) is 0 Å². The fourth-order valence-electron chi connectivity index (χ4n) is 0.995. The predicted molar refractivity (Wildman–Crippen MR) is 63.7 cm³/mol. The number of hydrogen-bond donors (Lipinski definition) is 0. The molecule has 0 N–H and O–H groups in total. The van der Waals surface area contributed by atoms with E-state index in [9.17, 15) is 0 Å². The van der Waals surface area contributed by atoms with Gasteiger partial charge in [0.1, 0.15) is 0 Å². The Morgan fingerprint density at radius 3 is 3.06 bits per heavy atom. The molecular formula is C10H8ClN3OS. The van der Waals surface area contributed by atoms with Gasteiger partial charge >= 0.3 is 0 Å². The Bertz CT molecular complexity index is 472. The van der Waals surface area contributed by atoms with Crippen LogP contribution < -0.4 is 0 Å². The van der Waals surface area contributed by atoms with Gasteiger partial charge in [-0.05, 0) is 12.1 Å². The molecule has 0 aliphatic rings. The molecule has 2 aromatic rings. The second-order valence-electron chi connectivity index (χ2n) is 2.84. The largest absolute Gasteiger partial charge is 0.390 e. The first-order valence-corrected chi connectivity index (χ1v) is 5.70. The molecule has 0 aliphatic heterocycles. The van der Waals surface area contributed by atoms with Gasteiger partial charge in [0, 0.05) is 12.4 Å². The average Bonchev–Trinajstić information content (AvgIpc) is 2.72. The summed E-state index contributed by atoms with van der Waals surface area (Å²) in [4.78, 5) is 14.0. The highest BCUT2D eigenvalue weighted by Gasteiger charge is 1.98. The van der Waals surface area contributed by atoms with Crippen LogP contribution in [0.15, 0.2) is 35.7 Å². The maximum absolute atomic E-state index is 5.67. The van der Waals surface area contributed by atoms with Crippen molar-refractivity contribution in [3.8, 4) is 0 Å². The number of oxime groups is 1. The van der Waals surface area contributed by atoms with Crippen molar-refractivity contribution in [2.75, 3.05) is 0 Å². The molecule has 4 nitrogen and oxygen atoms in total.